The number of halogens is 1. The molecule has 0 aliphatic heterocycles. The van der Waals surface area contributed by atoms with Crippen LogP contribution in [0.1, 0.15) is 27.2 Å². The Morgan fingerprint density at radius 1 is 1.54 bits per heavy atom. The van der Waals surface area contributed by atoms with Gasteiger partial charge in [-0.25, -0.2) is 0 Å². The molecule has 13 heavy (non-hydrogen) atoms. The monoisotopic (exact) mass is 206 g/mol. The van der Waals surface area contributed by atoms with Crippen molar-refractivity contribution < 1.29 is 14.3 Å². The summed E-state index contributed by atoms with van der Waals surface area (Å²) in [6, 6.07) is 0. The van der Waals surface area contributed by atoms with Gasteiger partial charge >= 0.3 is 5.97 Å². The summed E-state index contributed by atoms with van der Waals surface area (Å²) >= 11 is 5.48. The third-order valence-electron chi connectivity index (χ3n) is 1.23. The number of carbonyl (C=O) groups is 1. The van der Waals surface area contributed by atoms with Crippen LogP contribution in [0.15, 0.2) is 11.5 Å². The first-order valence-corrected chi connectivity index (χ1v) is 4.56. The Morgan fingerprint density at radius 2 is 2.15 bits per heavy atom. The van der Waals surface area contributed by atoms with E-state index < -0.39 is 5.97 Å². The van der Waals surface area contributed by atoms with Crippen LogP contribution in [0.5, 0.6) is 0 Å². The van der Waals surface area contributed by atoms with Gasteiger partial charge in [0.2, 0.25) is 5.22 Å². The molecule has 4 heteroatoms. The topological polar surface area (TPSA) is 35.5 Å². The highest BCUT2D eigenvalue weighted by molar-refractivity contribution is 6.28. The molecule has 0 atom stereocenters. The van der Waals surface area contributed by atoms with Gasteiger partial charge in [0, 0.05) is 6.92 Å². The minimum Gasteiger partial charge on any atom is -0.496 e. The quantitative estimate of drug-likeness (QED) is 0.394. The lowest BCUT2D eigenvalue weighted by molar-refractivity contribution is -0.136. The van der Waals surface area contributed by atoms with E-state index in [1.54, 1.807) is 0 Å². The second-order valence-corrected chi connectivity index (χ2v) is 3.44. The van der Waals surface area contributed by atoms with Crippen molar-refractivity contribution in [1.82, 2.24) is 0 Å². The normalized spacial score (nSPS) is 11.6. The van der Waals surface area contributed by atoms with Gasteiger partial charge in [0.1, 0.15) is 6.26 Å². The fourth-order valence-electron chi connectivity index (χ4n) is 0.590. The number of esters is 1. The summed E-state index contributed by atoms with van der Waals surface area (Å²) in [5.74, 6) is 0.134. The van der Waals surface area contributed by atoms with Gasteiger partial charge < -0.3 is 9.47 Å². The molecule has 0 bridgehead atoms. The van der Waals surface area contributed by atoms with Crippen molar-refractivity contribution in [3.63, 3.8) is 0 Å². The summed E-state index contributed by atoms with van der Waals surface area (Å²) in [6.07, 6.45) is 2.19. The molecule has 0 saturated carbocycles. The number of hydrogen-bond donors (Lipinski definition) is 0. The second-order valence-electron chi connectivity index (χ2n) is 3.07. The standard InChI is InChI=1S/C9H15ClO3/c1-7(2)4-5-12-6-9(10)13-8(3)11/h6-7H,4-5H2,1-3H3/b9-6-. The number of hydrogen-bond acceptors (Lipinski definition) is 3. The molecule has 76 valence electrons. The predicted octanol–water partition coefficient (Wildman–Crippen LogP) is 2.65. The molecule has 0 rings (SSSR count). The van der Waals surface area contributed by atoms with Gasteiger partial charge in [-0.05, 0) is 23.9 Å². The van der Waals surface area contributed by atoms with Crippen LogP contribution >= 0.6 is 11.6 Å². The van der Waals surface area contributed by atoms with E-state index in [9.17, 15) is 4.79 Å². The van der Waals surface area contributed by atoms with E-state index in [2.05, 4.69) is 18.6 Å². The molecule has 0 aromatic rings. The van der Waals surface area contributed by atoms with Gasteiger partial charge in [-0.15, -0.1) is 0 Å². The van der Waals surface area contributed by atoms with Crippen LogP contribution < -0.4 is 0 Å². The van der Waals surface area contributed by atoms with Gasteiger partial charge in [0.15, 0.2) is 0 Å². The zero-order valence-electron chi connectivity index (χ0n) is 8.17. The van der Waals surface area contributed by atoms with Crippen molar-refractivity contribution in [1.29, 1.82) is 0 Å². The van der Waals surface area contributed by atoms with E-state index >= 15 is 0 Å². The maximum Gasteiger partial charge on any atom is 0.308 e. The highest BCUT2D eigenvalue weighted by atomic mass is 35.5. The lowest BCUT2D eigenvalue weighted by atomic mass is 10.1. The Labute approximate surface area is 83.7 Å². The van der Waals surface area contributed by atoms with Crippen molar-refractivity contribution >= 4 is 17.6 Å². The van der Waals surface area contributed by atoms with Crippen LogP contribution in [0, 0.1) is 5.92 Å². The van der Waals surface area contributed by atoms with Gasteiger partial charge in [-0.1, -0.05) is 13.8 Å². The Kier molecular flexibility index (Phi) is 6.41. The lowest BCUT2D eigenvalue weighted by Crippen LogP contribution is -1.97. The second kappa shape index (κ2) is 6.78. The zero-order valence-corrected chi connectivity index (χ0v) is 8.93. The van der Waals surface area contributed by atoms with E-state index in [0.717, 1.165) is 6.42 Å². The zero-order chi connectivity index (χ0) is 10.3. The third-order valence-corrected chi connectivity index (χ3v) is 1.40. The van der Waals surface area contributed by atoms with Crippen molar-refractivity contribution in [2.24, 2.45) is 5.92 Å². The van der Waals surface area contributed by atoms with Crippen LogP contribution in [0.4, 0.5) is 0 Å². The largest absolute Gasteiger partial charge is 0.496 e. The number of ether oxygens (including phenoxy) is 2. The summed E-state index contributed by atoms with van der Waals surface area (Å²) in [4.78, 5) is 10.4. The fraction of sp³-hybridized carbons (Fsp3) is 0.667. The van der Waals surface area contributed by atoms with Crippen LogP contribution in [0.2, 0.25) is 0 Å². The van der Waals surface area contributed by atoms with Crippen molar-refractivity contribution in [2.75, 3.05) is 6.61 Å². The molecule has 3 nitrogen and oxygen atoms in total. The van der Waals surface area contributed by atoms with Crippen molar-refractivity contribution in [3.05, 3.63) is 11.5 Å². The molecule has 0 aliphatic rings. The number of carbonyl (C=O) groups excluding carboxylic acids is 1. The molecule has 0 fully saturated rings. The average Bonchev–Trinajstić information content (AvgIpc) is 1.96. The molecule has 0 heterocycles. The lowest BCUT2D eigenvalue weighted by Gasteiger charge is -2.04. The van der Waals surface area contributed by atoms with Gasteiger partial charge in [0.05, 0.1) is 6.61 Å². The molecular weight excluding hydrogens is 192 g/mol. The maximum absolute atomic E-state index is 10.4. The first-order valence-electron chi connectivity index (χ1n) is 4.18. The molecular formula is C9H15ClO3. The molecule has 0 radical (unpaired) electrons. The van der Waals surface area contributed by atoms with Crippen molar-refractivity contribution in [2.45, 2.75) is 27.2 Å². The highest BCUT2D eigenvalue weighted by Crippen LogP contribution is 2.05. The van der Waals surface area contributed by atoms with Gasteiger partial charge in [0.25, 0.3) is 0 Å². The minimum atomic E-state index is -0.450. The van der Waals surface area contributed by atoms with E-state index in [1.165, 1.54) is 13.2 Å². The van der Waals surface area contributed by atoms with Gasteiger partial charge in [-0.2, -0.15) is 0 Å². The van der Waals surface area contributed by atoms with Crippen LogP contribution in [0.3, 0.4) is 0 Å². The first kappa shape index (κ1) is 12.3. The molecule has 0 saturated heterocycles. The Bertz CT molecular complexity index is 187. The maximum atomic E-state index is 10.4. The molecule has 0 aromatic carbocycles. The minimum absolute atomic E-state index is 0.0312. The molecule has 0 spiro atoms. The van der Waals surface area contributed by atoms with Crippen LogP contribution in [-0.2, 0) is 14.3 Å². The summed E-state index contributed by atoms with van der Waals surface area (Å²) < 4.78 is 9.56. The van der Waals surface area contributed by atoms with E-state index in [4.69, 9.17) is 16.3 Å². The number of rotatable bonds is 5. The molecule has 0 aliphatic carbocycles. The molecule has 0 aromatic heterocycles. The smallest absolute Gasteiger partial charge is 0.308 e. The summed E-state index contributed by atoms with van der Waals surface area (Å²) in [7, 11) is 0. The van der Waals surface area contributed by atoms with E-state index in [0.29, 0.717) is 12.5 Å². The molecule has 0 amide bonds. The Hall–Kier alpha value is -0.700. The average molecular weight is 207 g/mol. The highest BCUT2D eigenvalue weighted by Gasteiger charge is 1.98. The van der Waals surface area contributed by atoms with E-state index in [-0.39, 0.29) is 5.22 Å². The first-order chi connectivity index (χ1) is 6.02. The third kappa shape index (κ3) is 9.21. The van der Waals surface area contributed by atoms with Gasteiger partial charge in [-0.3, -0.25) is 4.79 Å². The SMILES string of the molecule is CC(=O)O/C(Cl)=C\OCCC(C)C. The predicted molar refractivity (Wildman–Crippen MR) is 51.1 cm³/mol. The van der Waals surface area contributed by atoms with Crippen LogP contribution in [-0.4, -0.2) is 12.6 Å². The summed E-state index contributed by atoms with van der Waals surface area (Å²) in [5.41, 5.74) is 0. The van der Waals surface area contributed by atoms with Crippen LogP contribution in [0.25, 0.3) is 0 Å². The molecule has 0 unspecified atom stereocenters. The molecule has 0 N–H and O–H groups in total. The Balaban J connectivity index is 3.53. The summed E-state index contributed by atoms with van der Waals surface area (Å²) in [5, 5.41) is -0.0312. The summed E-state index contributed by atoms with van der Waals surface area (Å²) in [6.45, 7) is 6.06. The Morgan fingerprint density at radius 3 is 2.62 bits per heavy atom. The van der Waals surface area contributed by atoms with E-state index in [1.807, 2.05) is 0 Å². The fourth-order valence-corrected chi connectivity index (χ4v) is 0.761. The van der Waals surface area contributed by atoms with Crippen molar-refractivity contribution in [3.8, 4) is 0 Å².